The van der Waals surface area contributed by atoms with E-state index in [2.05, 4.69) is 15.0 Å². The molecule has 0 spiro atoms. The summed E-state index contributed by atoms with van der Waals surface area (Å²) in [5.41, 5.74) is 2.61. The van der Waals surface area contributed by atoms with E-state index in [0.717, 1.165) is 27.3 Å². The Morgan fingerprint density at radius 1 is 1.29 bits per heavy atom. The van der Waals surface area contributed by atoms with Crippen molar-refractivity contribution in [2.75, 3.05) is 13.7 Å². The third-order valence-electron chi connectivity index (χ3n) is 4.36. The Morgan fingerprint density at radius 2 is 2.06 bits per heavy atom. The molecule has 9 nitrogen and oxygen atoms in total. The van der Waals surface area contributed by atoms with Crippen molar-refractivity contribution in [3.8, 4) is 17.2 Å². The zero-order chi connectivity index (χ0) is 22.4. The molecule has 3 heterocycles. The van der Waals surface area contributed by atoms with Crippen LogP contribution in [0.2, 0.25) is 0 Å². The lowest BCUT2D eigenvalue weighted by Gasteiger charge is -2.08. The van der Waals surface area contributed by atoms with Crippen molar-refractivity contribution in [2.24, 2.45) is 4.99 Å². The highest BCUT2D eigenvalue weighted by atomic mass is 32.2. The number of nitrogens with one attached hydrogen (secondary N) is 1. The van der Waals surface area contributed by atoms with Gasteiger partial charge in [0.2, 0.25) is 0 Å². The van der Waals surface area contributed by atoms with Gasteiger partial charge in [0.1, 0.15) is 22.3 Å². The number of nitrogens with zero attached hydrogens (tertiary/aromatic N) is 2. The molecule has 3 aromatic rings. The van der Waals surface area contributed by atoms with E-state index in [1.165, 1.54) is 11.8 Å². The Labute approximate surface area is 185 Å². The van der Waals surface area contributed by atoms with Gasteiger partial charge in [-0.3, -0.25) is 14.8 Å². The Kier molecular flexibility index (Phi) is 7.42. The molecule has 0 amide bonds. The SMILES string of the molecule is COc1cc(Oc2ccc(C)nc2)cc2cc(C3=NCC(CC(=O)O)S3)[nH]c12.O=S=O. The molecule has 0 radical (unpaired) electrons. The summed E-state index contributed by atoms with van der Waals surface area (Å²) in [6.07, 6.45) is 1.78. The van der Waals surface area contributed by atoms with E-state index < -0.39 is 17.5 Å². The summed E-state index contributed by atoms with van der Waals surface area (Å²) in [5, 5.41) is 10.7. The highest BCUT2D eigenvalue weighted by Gasteiger charge is 2.24. The summed E-state index contributed by atoms with van der Waals surface area (Å²) in [5.74, 6) is 1.14. The van der Waals surface area contributed by atoms with Gasteiger partial charge in [0, 0.05) is 22.4 Å². The van der Waals surface area contributed by atoms with Crippen molar-refractivity contribution in [3.63, 3.8) is 0 Å². The van der Waals surface area contributed by atoms with Crippen molar-refractivity contribution in [1.82, 2.24) is 9.97 Å². The van der Waals surface area contributed by atoms with Gasteiger partial charge < -0.3 is 19.6 Å². The van der Waals surface area contributed by atoms with Crippen molar-refractivity contribution in [2.45, 2.75) is 18.6 Å². The average molecular weight is 462 g/mol. The summed E-state index contributed by atoms with van der Waals surface area (Å²) < 4.78 is 28.0. The first-order chi connectivity index (χ1) is 14.9. The van der Waals surface area contributed by atoms with Gasteiger partial charge in [0.15, 0.2) is 0 Å². The van der Waals surface area contributed by atoms with Gasteiger partial charge in [-0.25, -0.2) is 0 Å². The Hall–Kier alpha value is -3.18. The molecule has 31 heavy (non-hydrogen) atoms. The topological polar surface area (TPSA) is 131 Å². The van der Waals surface area contributed by atoms with E-state index >= 15 is 0 Å². The van der Waals surface area contributed by atoms with Gasteiger partial charge >= 0.3 is 17.5 Å². The minimum absolute atomic E-state index is 0.0336. The molecular formula is C20H19N3O6S2. The third kappa shape index (κ3) is 5.70. The number of aliphatic imine (C=N–C) groups is 1. The lowest BCUT2D eigenvalue weighted by molar-refractivity contribution is -0.136. The van der Waals surface area contributed by atoms with Crippen LogP contribution in [0, 0.1) is 6.92 Å². The van der Waals surface area contributed by atoms with Crippen molar-refractivity contribution in [1.29, 1.82) is 0 Å². The first-order valence-electron chi connectivity index (χ1n) is 9.09. The van der Waals surface area contributed by atoms with E-state index in [0.29, 0.717) is 23.8 Å². The first kappa shape index (κ1) is 22.5. The van der Waals surface area contributed by atoms with Crippen LogP contribution in [-0.2, 0) is 16.4 Å². The maximum absolute atomic E-state index is 10.9. The number of rotatable bonds is 6. The van der Waals surface area contributed by atoms with Crippen molar-refractivity contribution >= 4 is 45.2 Å². The number of methoxy groups -OCH3 is 1. The maximum Gasteiger partial charge on any atom is 0.335 e. The molecule has 11 heteroatoms. The largest absolute Gasteiger partial charge is 0.494 e. The van der Waals surface area contributed by atoms with Crippen LogP contribution in [0.4, 0.5) is 0 Å². The predicted molar refractivity (Wildman–Crippen MR) is 118 cm³/mol. The lowest BCUT2D eigenvalue weighted by Crippen LogP contribution is -2.10. The number of aliphatic carboxylic acids is 1. The normalized spacial score (nSPS) is 15.0. The molecule has 0 saturated heterocycles. The molecule has 1 aliphatic heterocycles. The molecular weight excluding hydrogens is 442 g/mol. The number of fused-ring (bicyclic) bond motifs is 1. The summed E-state index contributed by atoms with van der Waals surface area (Å²) in [4.78, 5) is 23.0. The molecule has 1 atom stereocenters. The molecule has 2 aromatic heterocycles. The first-order valence-corrected chi connectivity index (χ1v) is 10.6. The second kappa shape index (κ2) is 10.2. The van der Waals surface area contributed by atoms with Crippen LogP contribution in [0.15, 0.2) is 41.5 Å². The van der Waals surface area contributed by atoms with Crippen LogP contribution in [0.3, 0.4) is 0 Å². The number of hydrogen-bond donors (Lipinski definition) is 2. The molecule has 0 bridgehead atoms. The number of carbonyl (C=O) groups is 1. The standard InChI is InChI=1S/C20H19N3O4S.O2S/c1-11-3-4-13(9-21-11)27-14-5-12-6-16(23-19(12)17(7-14)26-2)20-22-10-15(28-20)8-18(24)25;1-3-2/h3-7,9,15,23H,8,10H2,1-2H3,(H,24,25);. The minimum atomic E-state index is -0.806. The van der Waals surface area contributed by atoms with Gasteiger partial charge in [0.05, 0.1) is 37.5 Å². The van der Waals surface area contributed by atoms with Gasteiger partial charge in [0.25, 0.3) is 0 Å². The fraction of sp³-hybridized carbons (Fsp3) is 0.250. The number of aromatic amines is 1. The third-order valence-corrected chi connectivity index (χ3v) is 5.58. The number of pyridine rings is 1. The van der Waals surface area contributed by atoms with E-state index in [4.69, 9.17) is 23.0 Å². The lowest BCUT2D eigenvalue weighted by atomic mass is 10.2. The summed E-state index contributed by atoms with van der Waals surface area (Å²) in [6, 6.07) is 9.48. The van der Waals surface area contributed by atoms with Gasteiger partial charge in [-0.15, -0.1) is 0 Å². The number of benzene rings is 1. The molecule has 1 aromatic carbocycles. The summed E-state index contributed by atoms with van der Waals surface area (Å²) in [6.45, 7) is 2.43. The highest BCUT2D eigenvalue weighted by Crippen LogP contribution is 2.35. The molecule has 1 unspecified atom stereocenters. The molecule has 1 aliphatic rings. The number of aromatic nitrogens is 2. The van der Waals surface area contributed by atoms with E-state index in [1.807, 2.05) is 37.3 Å². The zero-order valence-corrected chi connectivity index (χ0v) is 18.3. The monoisotopic (exact) mass is 461 g/mol. The molecule has 4 rings (SSSR count). The van der Waals surface area contributed by atoms with Gasteiger partial charge in [-0.1, -0.05) is 11.8 Å². The number of carboxylic acids is 1. The van der Waals surface area contributed by atoms with Crippen LogP contribution >= 0.6 is 11.8 Å². The second-order valence-electron chi connectivity index (χ2n) is 6.56. The Bertz CT molecular complexity index is 1150. The number of H-pyrrole nitrogens is 1. The number of hydrogen-bond acceptors (Lipinski definition) is 8. The smallest absolute Gasteiger partial charge is 0.335 e. The minimum Gasteiger partial charge on any atom is -0.494 e. The van der Waals surface area contributed by atoms with Gasteiger partial charge in [-0.2, -0.15) is 8.42 Å². The van der Waals surface area contributed by atoms with Crippen LogP contribution in [0.5, 0.6) is 17.2 Å². The van der Waals surface area contributed by atoms with E-state index in [1.54, 1.807) is 13.3 Å². The molecule has 0 saturated carbocycles. The van der Waals surface area contributed by atoms with E-state index in [9.17, 15) is 4.79 Å². The van der Waals surface area contributed by atoms with Crippen LogP contribution in [-0.4, -0.2) is 53.4 Å². The zero-order valence-electron chi connectivity index (χ0n) is 16.7. The number of carboxylic acid groups (broad SMARTS) is 1. The summed E-state index contributed by atoms with van der Waals surface area (Å²) in [7, 11) is 1.61. The predicted octanol–water partition coefficient (Wildman–Crippen LogP) is 3.34. The van der Waals surface area contributed by atoms with Crippen molar-refractivity contribution < 1.29 is 27.8 Å². The maximum atomic E-state index is 10.9. The van der Waals surface area contributed by atoms with E-state index in [-0.39, 0.29) is 11.7 Å². The Balaban J connectivity index is 0.000000858. The van der Waals surface area contributed by atoms with Crippen LogP contribution < -0.4 is 9.47 Å². The number of thioether (sulfide) groups is 1. The quantitative estimate of drug-likeness (QED) is 0.571. The molecule has 0 aliphatic carbocycles. The molecule has 162 valence electrons. The van der Waals surface area contributed by atoms with Crippen LogP contribution in [0.25, 0.3) is 10.9 Å². The Morgan fingerprint density at radius 3 is 2.71 bits per heavy atom. The number of aryl methyl sites for hydroxylation is 1. The fourth-order valence-corrected chi connectivity index (χ4v) is 4.11. The van der Waals surface area contributed by atoms with Crippen LogP contribution in [0.1, 0.15) is 17.8 Å². The second-order valence-corrected chi connectivity index (χ2v) is 7.99. The molecule has 2 N–H and O–H groups in total. The average Bonchev–Trinajstić information content (AvgIpc) is 3.36. The fourth-order valence-electron chi connectivity index (χ4n) is 3.04. The highest BCUT2D eigenvalue weighted by molar-refractivity contribution is 8.15. The molecule has 0 fully saturated rings. The van der Waals surface area contributed by atoms with Crippen molar-refractivity contribution in [3.05, 3.63) is 47.9 Å². The van der Waals surface area contributed by atoms with Gasteiger partial charge in [-0.05, 0) is 31.2 Å². The number of ether oxygens (including phenoxy) is 2. The summed E-state index contributed by atoms with van der Waals surface area (Å²) >= 11 is 0.737.